The van der Waals surface area contributed by atoms with E-state index in [4.69, 9.17) is 0 Å². The predicted octanol–water partition coefficient (Wildman–Crippen LogP) is 0.992. The van der Waals surface area contributed by atoms with E-state index in [1.807, 2.05) is 0 Å². The van der Waals surface area contributed by atoms with Crippen LogP contribution in [-0.2, 0) is 19.2 Å². The molecule has 11 heteroatoms. The smallest absolute Gasteiger partial charge is 0.308 e. The van der Waals surface area contributed by atoms with Gasteiger partial charge in [-0.1, -0.05) is 6.07 Å². The number of anilines is 1. The van der Waals surface area contributed by atoms with Gasteiger partial charge in [-0.3, -0.25) is 39.0 Å². The molecule has 5 rings (SSSR count). The van der Waals surface area contributed by atoms with Crippen molar-refractivity contribution in [2.24, 2.45) is 11.8 Å². The summed E-state index contributed by atoms with van der Waals surface area (Å²) in [7, 11) is 0. The standard InChI is InChI=1S/C25H28N4O7/c30-19-9-8-18(21(31)27-19)29-23(33)16-2-1-3-17(20(16)24(29)34)26-15-6-4-13(5-7-15)22(32)28-11-10-14(12-28)25(35)36/h1-3,13-15,18,26H,4-12H2,(H,35,36)(H,27,30,31)/t13?,14-,15?,18?/m1/s1. The molecule has 0 aromatic heterocycles. The number of hydrogen-bond acceptors (Lipinski definition) is 7. The van der Waals surface area contributed by atoms with Crippen molar-refractivity contribution >= 4 is 41.2 Å². The lowest BCUT2D eigenvalue weighted by atomic mass is 9.85. The lowest BCUT2D eigenvalue weighted by Crippen LogP contribution is -2.54. The monoisotopic (exact) mass is 496 g/mol. The molecule has 4 aliphatic rings. The molecule has 0 bridgehead atoms. The molecule has 11 nitrogen and oxygen atoms in total. The summed E-state index contributed by atoms with van der Waals surface area (Å²) in [4.78, 5) is 76.8. The number of nitrogens with zero attached hydrogens (tertiary/aromatic N) is 2. The molecule has 2 saturated heterocycles. The van der Waals surface area contributed by atoms with E-state index in [-0.39, 0.29) is 48.4 Å². The molecule has 1 saturated carbocycles. The summed E-state index contributed by atoms with van der Waals surface area (Å²) in [6.45, 7) is 0.742. The Morgan fingerprint density at radius 2 is 1.69 bits per heavy atom. The van der Waals surface area contributed by atoms with Crippen LogP contribution >= 0.6 is 0 Å². The average Bonchev–Trinajstić information content (AvgIpc) is 3.44. The van der Waals surface area contributed by atoms with E-state index in [2.05, 4.69) is 10.6 Å². The lowest BCUT2D eigenvalue weighted by molar-refractivity contribution is -0.142. The minimum absolute atomic E-state index is 0.00144. The first-order chi connectivity index (χ1) is 17.2. The van der Waals surface area contributed by atoms with E-state index in [0.717, 1.165) is 4.90 Å². The van der Waals surface area contributed by atoms with Crippen molar-refractivity contribution in [3.63, 3.8) is 0 Å². The maximum absolute atomic E-state index is 13.3. The molecule has 190 valence electrons. The fraction of sp³-hybridized carbons (Fsp3) is 0.520. The normalized spacial score (nSPS) is 28.2. The van der Waals surface area contributed by atoms with Gasteiger partial charge in [0.2, 0.25) is 17.7 Å². The Kier molecular flexibility index (Phi) is 6.23. The van der Waals surface area contributed by atoms with Crippen LogP contribution in [0, 0.1) is 11.8 Å². The van der Waals surface area contributed by atoms with E-state index < -0.39 is 41.6 Å². The summed E-state index contributed by atoms with van der Waals surface area (Å²) in [5.41, 5.74) is 0.960. The molecule has 3 aliphatic heterocycles. The second kappa shape index (κ2) is 9.36. The Morgan fingerprint density at radius 3 is 2.36 bits per heavy atom. The fourth-order valence-electron chi connectivity index (χ4n) is 5.76. The van der Waals surface area contributed by atoms with E-state index in [9.17, 15) is 33.9 Å². The number of piperidine rings is 1. The van der Waals surface area contributed by atoms with Crippen molar-refractivity contribution in [2.75, 3.05) is 18.4 Å². The molecular formula is C25H28N4O7. The number of fused-ring (bicyclic) bond motifs is 1. The van der Waals surface area contributed by atoms with Gasteiger partial charge in [0.1, 0.15) is 6.04 Å². The molecule has 3 fully saturated rings. The SMILES string of the molecule is O=C1CCC(N2C(=O)c3cccc(NC4CCC(C(=O)N5CC[C@@H](C(=O)O)C5)CC4)c3C2=O)C(=O)N1. The van der Waals surface area contributed by atoms with Crippen LogP contribution in [0.5, 0.6) is 0 Å². The zero-order valence-electron chi connectivity index (χ0n) is 19.7. The van der Waals surface area contributed by atoms with E-state index in [1.54, 1.807) is 23.1 Å². The molecule has 3 N–H and O–H groups in total. The van der Waals surface area contributed by atoms with E-state index in [1.165, 1.54) is 0 Å². The third-order valence-electron chi connectivity index (χ3n) is 7.75. The summed E-state index contributed by atoms with van der Waals surface area (Å²) in [6.07, 6.45) is 3.32. The van der Waals surface area contributed by atoms with Gasteiger partial charge < -0.3 is 15.3 Å². The summed E-state index contributed by atoms with van der Waals surface area (Å²) in [5, 5.41) is 14.8. The molecule has 0 radical (unpaired) electrons. The number of carbonyl (C=O) groups is 6. The number of amides is 5. The van der Waals surface area contributed by atoms with Gasteiger partial charge in [-0.2, -0.15) is 0 Å². The van der Waals surface area contributed by atoms with Gasteiger partial charge in [-0.05, 0) is 50.7 Å². The van der Waals surface area contributed by atoms with Crippen LogP contribution < -0.4 is 10.6 Å². The largest absolute Gasteiger partial charge is 0.481 e. The minimum atomic E-state index is -1.02. The van der Waals surface area contributed by atoms with Gasteiger partial charge in [0.05, 0.1) is 17.0 Å². The number of aliphatic carboxylic acids is 1. The highest BCUT2D eigenvalue weighted by Gasteiger charge is 2.46. The Bertz CT molecular complexity index is 1160. The van der Waals surface area contributed by atoms with Crippen molar-refractivity contribution in [3.05, 3.63) is 29.3 Å². The van der Waals surface area contributed by atoms with Crippen molar-refractivity contribution in [1.29, 1.82) is 0 Å². The second-order valence-electron chi connectivity index (χ2n) is 9.98. The summed E-state index contributed by atoms with van der Waals surface area (Å²) in [5.74, 6) is -3.67. The molecule has 5 amide bonds. The maximum atomic E-state index is 13.3. The van der Waals surface area contributed by atoms with Gasteiger partial charge in [-0.25, -0.2) is 0 Å². The van der Waals surface area contributed by atoms with Gasteiger partial charge in [-0.15, -0.1) is 0 Å². The van der Waals surface area contributed by atoms with E-state index in [0.29, 0.717) is 44.3 Å². The number of benzene rings is 1. The summed E-state index contributed by atoms with van der Waals surface area (Å²) in [6, 6.07) is 3.95. The van der Waals surface area contributed by atoms with Crippen LogP contribution in [0.4, 0.5) is 5.69 Å². The number of likely N-dealkylation sites (tertiary alicyclic amines) is 1. The molecule has 36 heavy (non-hydrogen) atoms. The van der Waals surface area contributed by atoms with Crippen LogP contribution in [0.3, 0.4) is 0 Å². The number of nitrogens with one attached hydrogen (secondary N) is 2. The van der Waals surface area contributed by atoms with Gasteiger partial charge in [0, 0.05) is 37.2 Å². The second-order valence-corrected chi connectivity index (χ2v) is 9.98. The van der Waals surface area contributed by atoms with E-state index >= 15 is 0 Å². The molecule has 1 aliphatic carbocycles. The number of carboxylic acids is 1. The van der Waals surface area contributed by atoms with Crippen LogP contribution in [0.15, 0.2) is 18.2 Å². The third-order valence-corrected chi connectivity index (χ3v) is 7.75. The highest BCUT2D eigenvalue weighted by molar-refractivity contribution is 6.25. The predicted molar refractivity (Wildman–Crippen MR) is 125 cm³/mol. The van der Waals surface area contributed by atoms with Crippen molar-refractivity contribution in [2.45, 2.75) is 57.0 Å². The van der Waals surface area contributed by atoms with Gasteiger partial charge >= 0.3 is 5.97 Å². The summed E-state index contributed by atoms with van der Waals surface area (Å²) >= 11 is 0. The first kappa shape index (κ1) is 24.0. The number of hydrogen-bond donors (Lipinski definition) is 3. The summed E-state index contributed by atoms with van der Waals surface area (Å²) < 4.78 is 0. The number of rotatable bonds is 5. The molecule has 0 spiro atoms. The Morgan fingerprint density at radius 1 is 0.944 bits per heavy atom. The minimum Gasteiger partial charge on any atom is -0.481 e. The van der Waals surface area contributed by atoms with Crippen LogP contribution in [0.1, 0.15) is 65.7 Å². The molecule has 3 heterocycles. The molecule has 1 aromatic rings. The van der Waals surface area contributed by atoms with Crippen LogP contribution in [-0.4, -0.2) is 75.6 Å². The molecular weight excluding hydrogens is 468 g/mol. The zero-order valence-corrected chi connectivity index (χ0v) is 19.7. The lowest BCUT2D eigenvalue weighted by Gasteiger charge is -2.31. The van der Waals surface area contributed by atoms with Crippen LogP contribution in [0.2, 0.25) is 0 Å². The number of imide groups is 2. The highest BCUT2D eigenvalue weighted by atomic mass is 16.4. The Labute approximate surface area is 207 Å². The average molecular weight is 497 g/mol. The van der Waals surface area contributed by atoms with Gasteiger partial charge in [0.25, 0.3) is 11.8 Å². The first-order valence-electron chi connectivity index (χ1n) is 12.4. The number of carbonyl (C=O) groups excluding carboxylic acids is 5. The molecule has 1 aromatic carbocycles. The van der Waals surface area contributed by atoms with Crippen LogP contribution in [0.25, 0.3) is 0 Å². The molecule has 2 atom stereocenters. The highest BCUT2D eigenvalue weighted by Crippen LogP contribution is 2.35. The van der Waals surface area contributed by atoms with Crippen molar-refractivity contribution < 1.29 is 33.9 Å². The molecule has 1 unspecified atom stereocenters. The third kappa shape index (κ3) is 4.22. The first-order valence-corrected chi connectivity index (χ1v) is 12.4. The fourth-order valence-corrected chi connectivity index (χ4v) is 5.76. The van der Waals surface area contributed by atoms with Crippen molar-refractivity contribution in [3.8, 4) is 0 Å². The Hall–Kier alpha value is -3.76. The Balaban J connectivity index is 1.23. The maximum Gasteiger partial charge on any atom is 0.308 e. The van der Waals surface area contributed by atoms with Crippen molar-refractivity contribution in [1.82, 2.24) is 15.1 Å². The number of carboxylic acid groups (broad SMARTS) is 1. The zero-order chi connectivity index (χ0) is 25.6. The van der Waals surface area contributed by atoms with Gasteiger partial charge in [0.15, 0.2) is 0 Å². The quantitative estimate of drug-likeness (QED) is 0.510. The topological polar surface area (TPSA) is 153 Å².